The molecule has 1 amide bonds. The SMILES string of the molecule is NC(=O)C(F)(F)c1ccc(F)cc1C(F)(F)F. The van der Waals surface area contributed by atoms with E-state index >= 15 is 0 Å². The minimum atomic E-state index is -5.21. The highest BCUT2D eigenvalue weighted by molar-refractivity contribution is 5.83. The van der Waals surface area contributed by atoms with E-state index in [1.165, 1.54) is 0 Å². The number of amides is 1. The highest BCUT2D eigenvalue weighted by atomic mass is 19.4. The van der Waals surface area contributed by atoms with Crippen LogP contribution < -0.4 is 5.73 Å². The lowest BCUT2D eigenvalue weighted by molar-refractivity contribution is -0.150. The van der Waals surface area contributed by atoms with Crippen LogP contribution in [0.1, 0.15) is 11.1 Å². The van der Waals surface area contributed by atoms with Crippen LogP contribution >= 0.6 is 0 Å². The van der Waals surface area contributed by atoms with Crippen molar-refractivity contribution in [3.8, 4) is 0 Å². The molecule has 2 N–H and O–H groups in total. The number of carbonyl (C=O) groups excluding carboxylic acids is 1. The van der Waals surface area contributed by atoms with E-state index < -0.39 is 35.0 Å². The average Bonchev–Trinajstić information content (AvgIpc) is 2.15. The minimum absolute atomic E-state index is 0.119. The molecule has 0 bridgehead atoms. The molecular weight excluding hydrogens is 252 g/mol. The van der Waals surface area contributed by atoms with Crippen molar-refractivity contribution in [1.82, 2.24) is 0 Å². The second kappa shape index (κ2) is 3.94. The van der Waals surface area contributed by atoms with Crippen LogP contribution in [0.2, 0.25) is 0 Å². The zero-order valence-corrected chi connectivity index (χ0v) is 7.99. The van der Waals surface area contributed by atoms with Gasteiger partial charge in [0.2, 0.25) is 0 Å². The van der Waals surface area contributed by atoms with Gasteiger partial charge in [0, 0.05) is 5.56 Å². The number of primary amides is 1. The van der Waals surface area contributed by atoms with Crippen molar-refractivity contribution in [3.05, 3.63) is 35.1 Å². The van der Waals surface area contributed by atoms with Crippen LogP contribution in [0.5, 0.6) is 0 Å². The molecule has 0 unspecified atom stereocenters. The Hall–Kier alpha value is -1.73. The molecule has 1 aromatic carbocycles. The number of halogens is 6. The maximum Gasteiger partial charge on any atom is 0.417 e. The predicted octanol–water partition coefficient (Wildman–Crippen LogP) is 2.42. The van der Waals surface area contributed by atoms with Gasteiger partial charge < -0.3 is 5.73 Å². The normalized spacial score (nSPS) is 12.6. The topological polar surface area (TPSA) is 43.1 Å². The van der Waals surface area contributed by atoms with Crippen LogP contribution in [-0.4, -0.2) is 5.91 Å². The monoisotopic (exact) mass is 257 g/mol. The van der Waals surface area contributed by atoms with Gasteiger partial charge in [-0.25, -0.2) is 4.39 Å². The first kappa shape index (κ1) is 13.3. The van der Waals surface area contributed by atoms with Gasteiger partial charge in [0.05, 0.1) is 5.56 Å². The lowest BCUT2D eigenvalue weighted by Gasteiger charge is -2.18. The van der Waals surface area contributed by atoms with Crippen molar-refractivity contribution in [2.75, 3.05) is 0 Å². The fourth-order valence-corrected chi connectivity index (χ4v) is 1.16. The molecule has 0 saturated carbocycles. The van der Waals surface area contributed by atoms with Crippen LogP contribution in [0, 0.1) is 5.82 Å². The number of hydrogen-bond acceptors (Lipinski definition) is 1. The third-order valence-corrected chi connectivity index (χ3v) is 1.93. The van der Waals surface area contributed by atoms with Crippen molar-refractivity contribution < 1.29 is 31.1 Å². The quantitative estimate of drug-likeness (QED) is 0.812. The first-order chi connectivity index (χ1) is 7.56. The molecule has 0 spiro atoms. The molecule has 0 aliphatic rings. The second-order valence-corrected chi connectivity index (χ2v) is 3.13. The van der Waals surface area contributed by atoms with Crippen LogP contribution in [0.3, 0.4) is 0 Å². The van der Waals surface area contributed by atoms with Crippen molar-refractivity contribution in [1.29, 1.82) is 0 Å². The Kier molecular flexibility index (Phi) is 3.09. The molecule has 1 aromatic rings. The molecule has 8 heteroatoms. The second-order valence-electron chi connectivity index (χ2n) is 3.13. The van der Waals surface area contributed by atoms with E-state index in [0.29, 0.717) is 6.07 Å². The highest BCUT2D eigenvalue weighted by Gasteiger charge is 2.46. The smallest absolute Gasteiger partial charge is 0.364 e. The molecular formula is C9H5F6NO. The molecule has 0 aliphatic heterocycles. The van der Waals surface area contributed by atoms with Gasteiger partial charge in [-0.2, -0.15) is 22.0 Å². The number of carbonyl (C=O) groups is 1. The molecule has 1 rings (SSSR count). The van der Waals surface area contributed by atoms with E-state index in [1.807, 2.05) is 0 Å². The van der Waals surface area contributed by atoms with Crippen molar-refractivity contribution in [2.24, 2.45) is 5.73 Å². The maximum absolute atomic E-state index is 13.1. The van der Waals surface area contributed by atoms with Crippen LogP contribution in [0.15, 0.2) is 18.2 Å². The fraction of sp³-hybridized carbons (Fsp3) is 0.222. The zero-order chi connectivity index (χ0) is 13.4. The first-order valence-electron chi connectivity index (χ1n) is 4.11. The van der Waals surface area contributed by atoms with Gasteiger partial charge in [-0.05, 0) is 18.2 Å². The molecule has 0 fully saturated rings. The van der Waals surface area contributed by atoms with Gasteiger partial charge in [0.25, 0.3) is 5.91 Å². The number of hydrogen-bond donors (Lipinski definition) is 1. The molecule has 0 atom stereocenters. The van der Waals surface area contributed by atoms with Crippen molar-refractivity contribution in [2.45, 2.75) is 12.1 Å². The fourth-order valence-electron chi connectivity index (χ4n) is 1.16. The Balaban J connectivity index is 3.50. The summed E-state index contributed by atoms with van der Waals surface area (Å²) >= 11 is 0. The largest absolute Gasteiger partial charge is 0.417 e. The van der Waals surface area contributed by atoms with Crippen LogP contribution in [0.25, 0.3) is 0 Å². The number of alkyl halides is 5. The summed E-state index contributed by atoms with van der Waals surface area (Å²) in [6.45, 7) is 0. The van der Waals surface area contributed by atoms with E-state index in [1.54, 1.807) is 0 Å². The van der Waals surface area contributed by atoms with Gasteiger partial charge in [-0.3, -0.25) is 4.79 Å². The van der Waals surface area contributed by atoms with Crippen molar-refractivity contribution in [3.63, 3.8) is 0 Å². The number of nitrogens with two attached hydrogens (primary N) is 1. The molecule has 2 nitrogen and oxygen atoms in total. The summed E-state index contributed by atoms with van der Waals surface area (Å²) in [6.07, 6.45) is -5.21. The minimum Gasteiger partial charge on any atom is -0.364 e. The molecule has 0 aromatic heterocycles. The lowest BCUT2D eigenvalue weighted by Crippen LogP contribution is -2.35. The van der Waals surface area contributed by atoms with Gasteiger partial charge in [-0.15, -0.1) is 0 Å². The van der Waals surface area contributed by atoms with Gasteiger partial charge >= 0.3 is 12.1 Å². The zero-order valence-electron chi connectivity index (χ0n) is 7.99. The Bertz CT molecular complexity index is 453. The molecule has 0 heterocycles. The molecule has 0 aliphatic carbocycles. The molecule has 0 radical (unpaired) electrons. The maximum atomic E-state index is 13.1. The van der Waals surface area contributed by atoms with Crippen molar-refractivity contribution >= 4 is 5.91 Å². The van der Waals surface area contributed by atoms with Gasteiger partial charge in [0.15, 0.2) is 0 Å². The average molecular weight is 257 g/mol. The number of rotatable bonds is 2. The third-order valence-electron chi connectivity index (χ3n) is 1.93. The van der Waals surface area contributed by atoms with E-state index in [4.69, 9.17) is 0 Å². The summed E-state index contributed by atoms with van der Waals surface area (Å²) in [5.41, 5.74) is 0.705. The Morgan fingerprint density at radius 3 is 2.00 bits per heavy atom. The third kappa shape index (κ3) is 2.51. The summed E-state index contributed by atoms with van der Waals surface area (Å²) < 4.78 is 75.9. The predicted molar refractivity (Wildman–Crippen MR) is 44.5 cm³/mol. The van der Waals surface area contributed by atoms with E-state index in [0.717, 1.165) is 0 Å². The van der Waals surface area contributed by atoms with Gasteiger partial charge in [0.1, 0.15) is 5.82 Å². The summed E-state index contributed by atoms with van der Waals surface area (Å²) in [5, 5.41) is 0. The molecule has 0 saturated heterocycles. The van der Waals surface area contributed by atoms with E-state index in [2.05, 4.69) is 5.73 Å². The van der Waals surface area contributed by atoms with Crippen LogP contribution in [0.4, 0.5) is 26.3 Å². The summed E-state index contributed by atoms with van der Waals surface area (Å²) in [7, 11) is 0. The molecule has 94 valence electrons. The lowest BCUT2D eigenvalue weighted by atomic mass is 10.0. The Labute approximate surface area is 91.0 Å². The van der Waals surface area contributed by atoms with E-state index in [9.17, 15) is 31.1 Å². The van der Waals surface area contributed by atoms with Gasteiger partial charge in [-0.1, -0.05) is 0 Å². The first-order valence-corrected chi connectivity index (χ1v) is 4.11. The van der Waals surface area contributed by atoms with E-state index in [-0.39, 0.29) is 12.1 Å². The Morgan fingerprint density at radius 2 is 1.59 bits per heavy atom. The Morgan fingerprint density at radius 1 is 1.06 bits per heavy atom. The summed E-state index contributed by atoms with van der Waals surface area (Å²) in [5.74, 6) is -8.10. The van der Waals surface area contributed by atoms with Crippen LogP contribution in [-0.2, 0) is 16.9 Å². The summed E-state index contributed by atoms with van der Waals surface area (Å²) in [6, 6.07) is 0.455. The standard InChI is InChI=1S/C9H5F6NO/c10-4-1-2-5(8(11,12)7(16)17)6(3-4)9(13,14)15/h1-3H,(H2,16,17). The highest BCUT2D eigenvalue weighted by Crippen LogP contribution is 2.39. The number of benzene rings is 1. The molecule has 17 heavy (non-hydrogen) atoms. The summed E-state index contributed by atoms with van der Waals surface area (Å²) in [4.78, 5) is 10.4.